The van der Waals surface area contributed by atoms with Crippen LogP contribution in [-0.4, -0.2) is 30.3 Å². The Kier molecular flexibility index (Phi) is 5.80. The van der Waals surface area contributed by atoms with Gasteiger partial charge in [0.05, 0.1) is 24.4 Å². The average Bonchev–Trinajstić information content (AvgIpc) is 2.45. The highest BCUT2D eigenvalue weighted by molar-refractivity contribution is 5.27. The number of likely N-dealkylation sites (N-methyl/N-ethyl adjacent to an activating group) is 1. The Morgan fingerprint density at radius 1 is 1.40 bits per heavy atom. The topological polar surface area (TPSA) is 43.4 Å². The normalized spacial score (nSPS) is 20.9. The van der Waals surface area contributed by atoms with Crippen LogP contribution in [0.2, 0.25) is 0 Å². The molecule has 1 aromatic rings. The van der Waals surface area contributed by atoms with Crippen LogP contribution < -0.4 is 10.1 Å². The van der Waals surface area contributed by atoms with E-state index in [2.05, 4.69) is 23.3 Å². The number of pyridine rings is 1. The molecule has 0 aliphatic carbocycles. The van der Waals surface area contributed by atoms with Gasteiger partial charge in [0.25, 0.3) is 0 Å². The molecule has 0 spiro atoms. The summed E-state index contributed by atoms with van der Waals surface area (Å²) in [7, 11) is 0. The van der Waals surface area contributed by atoms with Gasteiger partial charge in [-0.1, -0.05) is 6.92 Å². The predicted molar refractivity (Wildman–Crippen MR) is 80.0 cm³/mol. The van der Waals surface area contributed by atoms with Gasteiger partial charge < -0.3 is 14.8 Å². The number of nitrogens with one attached hydrogen (secondary N) is 1. The SMILES string of the molecule is CCNC(c1cncc(OC(C)C)c1)C1CCCCO1. The summed E-state index contributed by atoms with van der Waals surface area (Å²) in [5, 5.41) is 3.53. The molecule has 20 heavy (non-hydrogen) atoms. The minimum absolute atomic E-state index is 0.163. The van der Waals surface area contributed by atoms with Crippen molar-refractivity contribution < 1.29 is 9.47 Å². The van der Waals surface area contributed by atoms with Gasteiger partial charge >= 0.3 is 0 Å². The monoisotopic (exact) mass is 278 g/mol. The molecule has 4 nitrogen and oxygen atoms in total. The number of ether oxygens (including phenoxy) is 2. The Labute approximate surface area is 121 Å². The largest absolute Gasteiger partial charge is 0.489 e. The molecule has 2 heterocycles. The summed E-state index contributed by atoms with van der Waals surface area (Å²) in [5.41, 5.74) is 1.15. The molecule has 1 aromatic heterocycles. The first-order valence-corrected chi connectivity index (χ1v) is 7.67. The summed E-state index contributed by atoms with van der Waals surface area (Å²) < 4.78 is 11.7. The van der Waals surface area contributed by atoms with Crippen molar-refractivity contribution in [3.8, 4) is 5.75 Å². The molecule has 0 saturated carbocycles. The fourth-order valence-corrected chi connectivity index (χ4v) is 2.65. The van der Waals surface area contributed by atoms with Crippen LogP contribution in [0.3, 0.4) is 0 Å². The van der Waals surface area contributed by atoms with E-state index in [-0.39, 0.29) is 18.2 Å². The van der Waals surface area contributed by atoms with Gasteiger partial charge in [0.1, 0.15) is 5.75 Å². The number of aromatic nitrogens is 1. The van der Waals surface area contributed by atoms with E-state index in [1.165, 1.54) is 12.8 Å². The third-order valence-corrected chi connectivity index (χ3v) is 3.48. The Morgan fingerprint density at radius 3 is 2.90 bits per heavy atom. The highest BCUT2D eigenvalue weighted by Crippen LogP contribution is 2.28. The van der Waals surface area contributed by atoms with Crippen molar-refractivity contribution in [2.24, 2.45) is 0 Å². The molecule has 112 valence electrons. The lowest BCUT2D eigenvalue weighted by atomic mass is 9.96. The molecule has 0 radical (unpaired) electrons. The molecule has 2 atom stereocenters. The third-order valence-electron chi connectivity index (χ3n) is 3.48. The molecule has 1 saturated heterocycles. The van der Waals surface area contributed by atoms with E-state index in [0.29, 0.717) is 0 Å². The average molecular weight is 278 g/mol. The van der Waals surface area contributed by atoms with E-state index < -0.39 is 0 Å². The molecule has 0 aromatic carbocycles. The Balaban J connectivity index is 2.15. The Hall–Kier alpha value is -1.13. The van der Waals surface area contributed by atoms with Crippen molar-refractivity contribution in [3.63, 3.8) is 0 Å². The van der Waals surface area contributed by atoms with Crippen LogP contribution in [0, 0.1) is 0 Å². The maximum atomic E-state index is 5.94. The maximum Gasteiger partial charge on any atom is 0.138 e. The Morgan fingerprint density at radius 2 is 2.25 bits per heavy atom. The fraction of sp³-hybridized carbons (Fsp3) is 0.688. The summed E-state index contributed by atoms with van der Waals surface area (Å²) >= 11 is 0. The smallest absolute Gasteiger partial charge is 0.138 e. The van der Waals surface area contributed by atoms with E-state index in [0.717, 1.165) is 30.9 Å². The number of rotatable bonds is 6. The molecule has 1 fully saturated rings. The van der Waals surface area contributed by atoms with Gasteiger partial charge in [-0.15, -0.1) is 0 Å². The zero-order valence-electron chi connectivity index (χ0n) is 12.8. The summed E-state index contributed by atoms with van der Waals surface area (Å²) in [6.07, 6.45) is 7.60. The van der Waals surface area contributed by atoms with Crippen LogP contribution >= 0.6 is 0 Å². The molecule has 1 N–H and O–H groups in total. The minimum atomic E-state index is 0.163. The quantitative estimate of drug-likeness (QED) is 0.868. The lowest BCUT2D eigenvalue weighted by Crippen LogP contribution is -2.36. The van der Waals surface area contributed by atoms with Crippen molar-refractivity contribution in [2.75, 3.05) is 13.2 Å². The lowest BCUT2D eigenvalue weighted by Gasteiger charge is -2.31. The molecule has 0 bridgehead atoms. The van der Waals surface area contributed by atoms with Gasteiger partial charge in [-0.05, 0) is 51.3 Å². The van der Waals surface area contributed by atoms with E-state index in [1.807, 2.05) is 20.0 Å². The van der Waals surface area contributed by atoms with Crippen molar-refractivity contribution >= 4 is 0 Å². The van der Waals surface area contributed by atoms with Crippen LogP contribution in [0.25, 0.3) is 0 Å². The highest BCUT2D eigenvalue weighted by Gasteiger charge is 2.25. The zero-order chi connectivity index (χ0) is 14.4. The third kappa shape index (κ3) is 4.18. The van der Waals surface area contributed by atoms with Gasteiger partial charge in [-0.3, -0.25) is 4.98 Å². The fourth-order valence-electron chi connectivity index (χ4n) is 2.65. The summed E-state index contributed by atoms with van der Waals surface area (Å²) in [5.74, 6) is 0.830. The molecule has 1 aliphatic rings. The first kappa shape index (κ1) is 15.3. The first-order valence-electron chi connectivity index (χ1n) is 7.67. The standard InChI is InChI=1S/C16H26N2O2/c1-4-18-16(15-7-5-6-8-19-15)13-9-14(11-17-10-13)20-12(2)3/h9-12,15-16,18H,4-8H2,1-3H3. The summed E-state index contributed by atoms with van der Waals surface area (Å²) in [4.78, 5) is 4.32. The van der Waals surface area contributed by atoms with Crippen LogP contribution in [0.5, 0.6) is 5.75 Å². The maximum absolute atomic E-state index is 5.94. The highest BCUT2D eigenvalue weighted by atomic mass is 16.5. The molecule has 4 heteroatoms. The molecule has 2 unspecified atom stereocenters. The second-order valence-electron chi connectivity index (χ2n) is 5.56. The molecule has 1 aliphatic heterocycles. The van der Waals surface area contributed by atoms with Crippen molar-refractivity contribution in [1.82, 2.24) is 10.3 Å². The van der Waals surface area contributed by atoms with Crippen LogP contribution in [-0.2, 0) is 4.74 Å². The van der Waals surface area contributed by atoms with Crippen molar-refractivity contribution in [3.05, 3.63) is 24.0 Å². The first-order chi connectivity index (χ1) is 9.70. The zero-order valence-corrected chi connectivity index (χ0v) is 12.8. The molecular formula is C16H26N2O2. The van der Waals surface area contributed by atoms with Gasteiger partial charge in [0, 0.05) is 12.8 Å². The van der Waals surface area contributed by atoms with E-state index in [4.69, 9.17) is 9.47 Å². The van der Waals surface area contributed by atoms with Crippen molar-refractivity contribution in [1.29, 1.82) is 0 Å². The number of hydrogen-bond donors (Lipinski definition) is 1. The van der Waals surface area contributed by atoms with Gasteiger partial charge in [0.2, 0.25) is 0 Å². The van der Waals surface area contributed by atoms with Gasteiger partial charge in [-0.2, -0.15) is 0 Å². The summed E-state index contributed by atoms with van der Waals surface area (Å²) in [6, 6.07) is 2.28. The van der Waals surface area contributed by atoms with Gasteiger partial charge in [0.15, 0.2) is 0 Å². The second-order valence-corrected chi connectivity index (χ2v) is 5.56. The van der Waals surface area contributed by atoms with Crippen LogP contribution in [0.1, 0.15) is 51.6 Å². The Bertz CT molecular complexity index is 403. The summed E-state index contributed by atoms with van der Waals surface area (Å²) in [6.45, 7) is 7.96. The number of nitrogens with zero attached hydrogens (tertiary/aromatic N) is 1. The molecule has 0 amide bonds. The molecule has 2 rings (SSSR count). The lowest BCUT2D eigenvalue weighted by molar-refractivity contribution is -0.00798. The predicted octanol–water partition coefficient (Wildman–Crippen LogP) is 3.09. The van der Waals surface area contributed by atoms with Crippen molar-refractivity contribution in [2.45, 2.75) is 58.3 Å². The second kappa shape index (κ2) is 7.60. The van der Waals surface area contributed by atoms with Crippen LogP contribution in [0.15, 0.2) is 18.5 Å². The van der Waals surface area contributed by atoms with Crippen LogP contribution in [0.4, 0.5) is 0 Å². The van der Waals surface area contributed by atoms with E-state index >= 15 is 0 Å². The molecular weight excluding hydrogens is 252 g/mol. The van der Waals surface area contributed by atoms with Gasteiger partial charge in [-0.25, -0.2) is 0 Å². The number of hydrogen-bond acceptors (Lipinski definition) is 4. The van der Waals surface area contributed by atoms with E-state index in [9.17, 15) is 0 Å². The minimum Gasteiger partial charge on any atom is -0.489 e. The van der Waals surface area contributed by atoms with E-state index in [1.54, 1.807) is 6.20 Å².